The summed E-state index contributed by atoms with van der Waals surface area (Å²) in [5.74, 6) is -1.49. The van der Waals surface area contributed by atoms with E-state index >= 15 is 0 Å². The fourth-order valence-corrected chi connectivity index (χ4v) is 3.53. The van der Waals surface area contributed by atoms with Crippen molar-refractivity contribution in [3.63, 3.8) is 0 Å². The third kappa shape index (κ3) is 5.95. The summed E-state index contributed by atoms with van der Waals surface area (Å²) in [6.45, 7) is 4.03. The van der Waals surface area contributed by atoms with Gasteiger partial charge in [0.2, 0.25) is 17.7 Å². The number of likely N-dealkylation sites (N-methyl/N-ethyl adjacent to an activating group) is 1. The van der Waals surface area contributed by atoms with Crippen molar-refractivity contribution >= 4 is 35.2 Å². The Labute approximate surface area is 181 Å². The maximum Gasteiger partial charge on any atom is 0.251 e. The lowest BCUT2D eigenvalue weighted by Crippen LogP contribution is -2.53. The van der Waals surface area contributed by atoms with Gasteiger partial charge < -0.3 is 20.9 Å². The molecule has 3 N–H and O–H groups in total. The highest BCUT2D eigenvalue weighted by Crippen LogP contribution is 2.17. The van der Waals surface area contributed by atoms with Crippen LogP contribution in [0.25, 0.3) is 0 Å². The second kappa shape index (κ2) is 11.0. The highest BCUT2D eigenvalue weighted by Gasteiger charge is 2.34. The number of hydrogen-bond acceptors (Lipinski definition) is 4. The van der Waals surface area contributed by atoms with E-state index in [1.807, 2.05) is 13.8 Å². The highest BCUT2D eigenvalue weighted by molar-refractivity contribution is 6.30. The predicted octanol–water partition coefficient (Wildman–Crippen LogP) is 1.34. The highest BCUT2D eigenvalue weighted by atomic mass is 35.5. The molecule has 1 saturated heterocycles. The van der Waals surface area contributed by atoms with Crippen molar-refractivity contribution < 1.29 is 19.2 Å². The average Bonchev–Trinajstić information content (AvgIpc) is 3.24. The van der Waals surface area contributed by atoms with E-state index in [1.165, 1.54) is 11.9 Å². The predicted molar refractivity (Wildman–Crippen MR) is 114 cm³/mol. The summed E-state index contributed by atoms with van der Waals surface area (Å²) in [6, 6.07) is 5.07. The molecule has 0 bridgehead atoms. The summed E-state index contributed by atoms with van der Waals surface area (Å²) in [6.07, 6.45) is 2.01. The van der Waals surface area contributed by atoms with Crippen LogP contribution in [0.2, 0.25) is 5.02 Å². The van der Waals surface area contributed by atoms with Gasteiger partial charge in [-0.3, -0.25) is 19.2 Å². The Morgan fingerprint density at radius 1 is 1.20 bits per heavy atom. The molecule has 0 aliphatic carbocycles. The van der Waals surface area contributed by atoms with Crippen molar-refractivity contribution in [3.05, 3.63) is 34.9 Å². The minimum Gasteiger partial charge on any atom is -0.357 e. The van der Waals surface area contributed by atoms with Gasteiger partial charge in [0.05, 0.1) is 6.54 Å². The van der Waals surface area contributed by atoms with Crippen LogP contribution in [0.15, 0.2) is 24.3 Å². The first kappa shape index (κ1) is 23.7. The van der Waals surface area contributed by atoms with E-state index in [-0.39, 0.29) is 24.3 Å². The Morgan fingerprint density at radius 2 is 1.87 bits per heavy atom. The lowest BCUT2D eigenvalue weighted by atomic mass is 9.98. The van der Waals surface area contributed by atoms with Gasteiger partial charge in [0.15, 0.2) is 0 Å². The molecular weight excluding hydrogens is 408 g/mol. The Balaban J connectivity index is 1.99. The van der Waals surface area contributed by atoms with E-state index < -0.39 is 23.9 Å². The molecular formula is C21H29ClN4O4. The van der Waals surface area contributed by atoms with Gasteiger partial charge >= 0.3 is 0 Å². The molecule has 0 radical (unpaired) electrons. The maximum atomic E-state index is 12.8. The van der Waals surface area contributed by atoms with Crippen molar-refractivity contribution in [1.29, 1.82) is 0 Å². The summed E-state index contributed by atoms with van der Waals surface area (Å²) in [5.41, 5.74) is 0.391. The zero-order chi connectivity index (χ0) is 22.3. The van der Waals surface area contributed by atoms with E-state index in [0.717, 1.165) is 6.42 Å². The summed E-state index contributed by atoms with van der Waals surface area (Å²) in [5, 5.41) is 8.44. The van der Waals surface area contributed by atoms with Crippen LogP contribution in [0.3, 0.4) is 0 Å². The largest absolute Gasteiger partial charge is 0.357 e. The number of carbonyl (C=O) groups excluding carboxylic acids is 4. The van der Waals surface area contributed by atoms with Gasteiger partial charge in [-0.2, -0.15) is 0 Å². The Bertz CT molecular complexity index is 784. The van der Waals surface area contributed by atoms with Crippen molar-refractivity contribution in [2.24, 2.45) is 5.92 Å². The number of nitrogens with one attached hydrogen (secondary N) is 3. The van der Waals surface area contributed by atoms with Crippen LogP contribution in [0, 0.1) is 5.92 Å². The Hall–Kier alpha value is -2.61. The summed E-state index contributed by atoms with van der Waals surface area (Å²) < 4.78 is 0. The second-order valence-electron chi connectivity index (χ2n) is 7.42. The van der Waals surface area contributed by atoms with Crippen molar-refractivity contribution in [3.8, 4) is 0 Å². The third-order valence-corrected chi connectivity index (χ3v) is 5.68. The zero-order valence-corrected chi connectivity index (χ0v) is 18.3. The Kier molecular flexibility index (Phi) is 8.65. The zero-order valence-electron chi connectivity index (χ0n) is 17.5. The molecule has 0 saturated carbocycles. The molecule has 1 fully saturated rings. The number of nitrogens with zero attached hydrogens (tertiary/aromatic N) is 1. The van der Waals surface area contributed by atoms with E-state index in [0.29, 0.717) is 30.0 Å². The first-order valence-electron chi connectivity index (χ1n) is 10.1. The number of hydrogen-bond donors (Lipinski definition) is 3. The molecule has 3 unspecified atom stereocenters. The molecule has 30 heavy (non-hydrogen) atoms. The molecule has 1 aliphatic heterocycles. The molecule has 0 aromatic heterocycles. The second-order valence-corrected chi connectivity index (χ2v) is 7.86. The van der Waals surface area contributed by atoms with Crippen molar-refractivity contribution in [1.82, 2.24) is 20.9 Å². The van der Waals surface area contributed by atoms with Crippen molar-refractivity contribution in [2.75, 3.05) is 20.1 Å². The van der Waals surface area contributed by atoms with Crippen LogP contribution in [0.1, 0.15) is 43.5 Å². The fourth-order valence-electron chi connectivity index (χ4n) is 3.41. The topological polar surface area (TPSA) is 108 Å². The maximum absolute atomic E-state index is 12.8. The molecule has 4 amide bonds. The molecule has 9 heteroatoms. The minimum atomic E-state index is -0.792. The lowest BCUT2D eigenvalue weighted by Gasteiger charge is -2.26. The molecule has 0 spiro atoms. The first-order chi connectivity index (χ1) is 14.3. The number of rotatable bonds is 8. The van der Waals surface area contributed by atoms with Crippen LogP contribution in [0.4, 0.5) is 0 Å². The number of halogens is 1. The summed E-state index contributed by atoms with van der Waals surface area (Å²) >= 11 is 5.85. The van der Waals surface area contributed by atoms with Crippen LogP contribution < -0.4 is 16.0 Å². The molecule has 1 heterocycles. The molecule has 2 rings (SSSR count). The van der Waals surface area contributed by atoms with E-state index in [1.54, 1.807) is 24.3 Å². The van der Waals surface area contributed by atoms with Crippen molar-refractivity contribution in [2.45, 2.75) is 45.2 Å². The average molecular weight is 437 g/mol. The van der Waals surface area contributed by atoms with Crippen LogP contribution in [-0.4, -0.2) is 60.7 Å². The minimum absolute atomic E-state index is 0.137. The van der Waals surface area contributed by atoms with Crippen LogP contribution in [-0.2, 0) is 14.4 Å². The van der Waals surface area contributed by atoms with Gasteiger partial charge in [0.25, 0.3) is 5.91 Å². The summed E-state index contributed by atoms with van der Waals surface area (Å²) in [4.78, 5) is 51.3. The fraction of sp³-hybridized carbons (Fsp3) is 0.524. The van der Waals surface area contributed by atoms with Crippen LogP contribution >= 0.6 is 11.6 Å². The molecule has 1 aromatic rings. The van der Waals surface area contributed by atoms with Gasteiger partial charge in [0, 0.05) is 24.2 Å². The molecule has 164 valence electrons. The normalized spacial score (nSPS) is 17.7. The van der Waals surface area contributed by atoms with Gasteiger partial charge in [-0.1, -0.05) is 31.9 Å². The Morgan fingerprint density at radius 3 is 2.47 bits per heavy atom. The quantitative estimate of drug-likeness (QED) is 0.571. The number of benzene rings is 1. The van der Waals surface area contributed by atoms with Gasteiger partial charge in [-0.05, 0) is 43.0 Å². The molecule has 3 atom stereocenters. The number of likely N-dealkylation sites (tertiary alicyclic amines) is 1. The monoisotopic (exact) mass is 436 g/mol. The van der Waals surface area contributed by atoms with Gasteiger partial charge in [0.1, 0.15) is 12.1 Å². The smallest absolute Gasteiger partial charge is 0.251 e. The SMILES string of the molecule is CCC(C)C(NC(=O)c1ccc(Cl)cc1)C(=O)NCC(=O)N1CCCC1C(=O)NC. The van der Waals surface area contributed by atoms with Gasteiger partial charge in [-0.25, -0.2) is 0 Å². The van der Waals surface area contributed by atoms with E-state index in [4.69, 9.17) is 11.6 Å². The van der Waals surface area contributed by atoms with E-state index in [2.05, 4.69) is 16.0 Å². The van der Waals surface area contributed by atoms with Gasteiger partial charge in [-0.15, -0.1) is 0 Å². The lowest BCUT2D eigenvalue weighted by molar-refractivity contribution is -0.138. The molecule has 1 aliphatic rings. The van der Waals surface area contributed by atoms with E-state index in [9.17, 15) is 19.2 Å². The first-order valence-corrected chi connectivity index (χ1v) is 10.5. The number of amides is 4. The molecule has 1 aromatic carbocycles. The standard InChI is InChI=1S/C21H29ClN4O4/c1-4-13(2)18(25-19(28)14-7-9-15(22)10-8-14)21(30)24-12-17(27)26-11-5-6-16(26)20(29)23-3/h7-10,13,16,18H,4-6,11-12H2,1-3H3,(H,23,29)(H,24,30)(H,25,28). The summed E-state index contributed by atoms with van der Waals surface area (Å²) in [7, 11) is 1.53. The number of carbonyl (C=O) groups is 4. The van der Waals surface area contributed by atoms with Crippen LogP contribution in [0.5, 0.6) is 0 Å². The molecule has 8 nitrogen and oxygen atoms in total. The third-order valence-electron chi connectivity index (χ3n) is 5.42.